The van der Waals surface area contributed by atoms with E-state index in [1.54, 1.807) is 30.3 Å². The Morgan fingerprint density at radius 3 is 2.29 bits per heavy atom. The van der Waals surface area contributed by atoms with Gasteiger partial charge in [-0.15, -0.1) is 0 Å². The summed E-state index contributed by atoms with van der Waals surface area (Å²) in [5.41, 5.74) is 1.32. The summed E-state index contributed by atoms with van der Waals surface area (Å²) < 4.78 is 69.7. The van der Waals surface area contributed by atoms with Crippen LogP contribution in [0.15, 0.2) is 48.5 Å². The van der Waals surface area contributed by atoms with Crippen molar-refractivity contribution in [1.82, 2.24) is 5.32 Å². The molecule has 5 nitrogen and oxygen atoms in total. The second kappa shape index (κ2) is 9.88. The molecule has 0 radical (unpaired) electrons. The summed E-state index contributed by atoms with van der Waals surface area (Å²) in [6, 6.07) is 11.5. The minimum Gasteiger partial charge on any atom is -0.433 e. The molecule has 0 atom stereocenters. The number of rotatable bonds is 8. The summed E-state index contributed by atoms with van der Waals surface area (Å²) in [7, 11) is 0. The highest BCUT2D eigenvalue weighted by Crippen LogP contribution is 2.25. The zero-order valence-electron chi connectivity index (χ0n) is 14.4. The summed E-state index contributed by atoms with van der Waals surface area (Å²) in [5.74, 6) is -0.171. The maximum atomic E-state index is 12.4. The Bertz CT molecular complexity index is 767. The van der Waals surface area contributed by atoms with Gasteiger partial charge in [0.2, 0.25) is 0 Å². The fourth-order valence-corrected chi connectivity index (χ4v) is 2.16. The zero-order valence-corrected chi connectivity index (χ0v) is 14.4. The number of para-hydroxylation sites is 2. The second-order valence-electron chi connectivity index (χ2n) is 5.61. The molecule has 0 spiro atoms. The van der Waals surface area contributed by atoms with Crippen LogP contribution >= 0.6 is 0 Å². The highest BCUT2D eigenvalue weighted by molar-refractivity contribution is 5.90. The van der Waals surface area contributed by atoms with Gasteiger partial charge in [-0.05, 0) is 23.3 Å². The molecular weight excluding hydrogens is 387 g/mol. The first-order chi connectivity index (χ1) is 13.2. The molecule has 0 unspecified atom stereocenters. The van der Waals surface area contributed by atoms with Crippen LogP contribution in [0, 0.1) is 0 Å². The lowest BCUT2D eigenvalue weighted by atomic mass is 10.1. The molecule has 0 saturated carbocycles. The minimum absolute atomic E-state index is 0.0810. The number of benzene rings is 2. The van der Waals surface area contributed by atoms with Crippen molar-refractivity contribution in [1.29, 1.82) is 0 Å². The lowest BCUT2D eigenvalue weighted by Crippen LogP contribution is -2.28. The van der Waals surface area contributed by atoms with Crippen molar-refractivity contribution in [2.75, 3.05) is 11.9 Å². The Balaban J connectivity index is 1.81. The maximum Gasteiger partial charge on any atom is 0.411 e. The molecule has 0 fully saturated rings. The molecule has 0 aliphatic carbocycles. The van der Waals surface area contributed by atoms with Crippen molar-refractivity contribution >= 4 is 11.7 Å². The van der Waals surface area contributed by atoms with E-state index >= 15 is 0 Å². The molecule has 152 valence electrons. The topological polar surface area (TPSA) is 59.6 Å². The van der Waals surface area contributed by atoms with Crippen LogP contribution in [0.4, 0.5) is 32.4 Å². The van der Waals surface area contributed by atoms with Gasteiger partial charge in [-0.1, -0.05) is 36.4 Å². The number of carbonyl (C=O) groups excluding carboxylic acids is 1. The van der Waals surface area contributed by atoms with Crippen LogP contribution < -0.4 is 15.4 Å². The van der Waals surface area contributed by atoms with Crippen LogP contribution in [0.3, 0.4) is 0 Å². The van der Waals surface area contributed by atoms with Gasteiger partial charge in [0, 0.05) is 6.54 Å². The normalized spacial score (nSPS) is 11.4. The summed E-state index contributed by atoms with van der Waals surface area (Å²) in [4.78, 5) is 11.9. The fraction of sp³-hybridized carbons (Fsp3) is 0.278. The Morgan fingerprint density at radius 1 is 1.00 bits per heavy atom. The fourth-order valence-electron chi connectivity index (χ4n) is 2.16. The number of hydrogen-bond acceptors (Lipinski definition) is 3. The van der Waals surface area contributed by atoms with E-state index in [9.17, 15) is 26.7 Å². The third-order valence-corrected chi connectivity index (χ3v) is 3.36. The molecule has 2 rings (SSSR count). The van der Waals surface area contributed by atoms with Crippen molar-refractivity contribution in [3.8, 4) is 5.75 Å². The smallest absolute Gasteiger partial charge is 0.411 e. The van der Waals surface area contributed by atoms with Crippen molar-refractivity contribution in [3.63, 3.8) is 0 Å². The number of nitrogens with one attached hydrogen (secondary N) is 2. The molecule has 0 aliphatic rings. The molecule has 0 saturated heterocycles. The van der Waals surface area contributed by atoms with E-state index in [4.69, 9.17) is 0 Å². The van der Waals surface area contributed by atoms with Crippen LogP contribution in [-0.2, 0) is 17.9 Å². The summed E-state index contributed by atoms with van der Waals surface area (Å²) in [5, 5.41) is 4.94. The van der Waals surface area contributed by atoms with Crippen LogP contribution in [0.5, 0.6) is 5.75 Å². The molecule has 10 heteroatoms. The number of anilines is 1. The van der Waals surface area contributed by atoms with E-state index < -0.39 is 25.4 Å². The lowest BCUT2D eigenvalue weighted by molar-refractivity contribution is -0.176. The third kappa shape index (κ3) is 7.78. The lowest BCUT2D eigenvalue weighted by Gasteiger charge is -2.12. The number of amides is 2. The molecule has 0 heterocycles. The standard InChI is InChI=1S/C18H17F5N2O3/c19-16(20)28-15-4-2-1-3-14(15)25-17(26)24-9-12-5-7-13(8-6-12)10-27-11-18(21,22)23/h1-8,16H,9-11H2,(H2,24,25,26). The Morgan fingerprint density at radius 2 is 1.64 bits per heavy atom. The van der Waals surface area contributed by atoms with Gasteiger partial charge in [0.25, 0.3) is 0 Å². The van der Waals surface area contributed by atoms with Gasteiger partial charge in [-0.25, -0.2) is 4.79 Å². The first-order valence-corrected chi connectivity index (χ1v) is 8.04. The number of carbonyl (C=O) groups is 1. The average Bonchev–Trinajstić information content (AvgIpc) is 2.61. The number of alkyl halides is 5. The molecule has 28 heavy (non-hydrogen) atoms. The van der Waals surface area contributed by atoms with Crippen LogP contribution in [0.2, 0.25) is 0 Å². The van der Waals surface area contributed by atoms with Crippen molar-refractivity contribution in [3.05, 3.63) is 59.7 Å². The average molecular weight is 404 g/mol. The Hall–Kier alpha value is -2.88. The molecule has 0 aromatic heterocycles. The molecule has 0 aliphatic heterocycles. The van der Waals surface area contributed by atoms with E-state index in [1.807, 2.05) is 0 Å². The van der Waals surface area contributed by atoms with Crippen molar-refractivity contribution < 1.29 is 36.2 Å². The maximum absolute atomic E-state index is 12.4. The van der Waals surface area contributed by atoms with Gasteiger partial charge in [0.1, 0.15) is 12.4 Å². The van der Waals surface area contributed by atoms with Crippen LogP contribution in [-0.4, -0.2) is 25.4 Å². The largest absolute Gasteiger partial charge is 0.433 e. The predicted molar refractivity (Wildman–Crippen MR) is 91.1 cm³/mol. The molecule has 2 N–H and O–H groups in total. The molecule has 0 bridgehead atoms. The second-order valence-corrected chi connectivity index (χ2v) is 5.61. The number of ether oxygens (including phenoxy) is 2. The van der Waals surface area contributed by atoms with E-state index in [0.29, 0.717) is 11.1 Å². The Labute approximate surface area is 157 Å². The highest BCUT2D eigenvalue weighted by Gasteiger charge is 2.27. The zero-order chi connectivity index (χ0) is 20.6. The van der Waals surface area contributed by atoms with Crippen LogP contribution in [0.25, 0.3) is 0 Å². The minimum atomic E-state index is -4.38. The van der Waals surface area contributed by atoms with Gasteiger partial charge in [0.05, 0.1) is 12.3 Å². The van der Waals surface area contributed by atoms with E-state index in [1.165, 1.54) is 18.2 Å². The quantitative estimate of drug-likeness (QED) is 0.628. The van der Waals surface area contributed by atoms with E-state index in [-0.39, 0.29) is 24.6 Å². The van der Waals surface area contributed by atoms with Gasteiger partial charge < -0.3 is 20.1 Å². The SMILES string of the molecule is O=C(NCc1ccc(COCC(F)(F)F)cc1)Nc1ccccc1OC(F)F. The predicted octanol–water partition coefficient (Wildman–Crippen LogP) is 4.69. The van der Waals surface area contributed by atoms with Crippen molar-refractivity contribution in [2.45, 2.75) is 25.9 Å². The van der Waals surface area contributed by atoms with Gasteiger partial charge >= 0.3 is 18.8 Å². The van der Waals surface area contributed by atoms with Crippen molar-refractivity contribution in [2.24, 2.45) is 0 Å². The molecule has 2 aromatic carbocycles. The van der Waals surface area contributed by atoms with E-state index in [0.717, 1.165) is 0 Å². The first-order valence-electron chi connectivity index (χ1n) is 8.04. The molecular formula is C18H17F5N2O3. The Kier molecular flexibility index (Phi) is 7.56. The van der Waals surface area contributed by atoms with Gasteiger partial charge in [0.15, 0.2) is 0 Å². The monoisotopic (exact) mass is 404 g/mol. The summed E-state index contributed by atoms with van der Waals surface area (Å²) in [6.45, 7) is -4.42. The number of hydrogen-bond donors (Lipinski definition) is 2. The summed E-state index contributed by atoms with van der Waals surface area (Å²) >= 11 is 0. The van der Waals surface area contributed by atoms with Crippen LogP contribution in [0.1, 0.15) is 11.1 Å². The highest BCUT2D eigenvalue weighted by atomic mass is 19.4. The van der Waals surface area contributed by atoms with Gasteiger partial charge in [-0.3, -0.25) is 0 Å². The molecule has 2 aromatic rings. The summed E-state index contributed by atoms with van der Waals surface area (Å²) in [6.07, 6.45) is -4.38. The molecule has 2 amide bonds. The first kappa shape index (κ1) is 21.4. The van der Waals surface area contributed by atoms with Gasteiger partial charge in [-0.2, -0.15) is 22.0 Å². The third-order valence-electron chi connectivity index (χ3n) is 3.36. The number of halogens is 5. The number of urea groups is 1. The van der Waals surface area contributed by atoms with E-state index in [2.05, 4.69) is 20.1 Å².